The number of halogens is 2. The van der Waals surface area contributed by atoms with Crippen LogP contribution in [0.15, 0.2) is 18.2 Å². The number of hydrogen-bond donors (Lipinski definition) is 1. The SMILES string of the molecule is CN(C)CCNC(=O)c1ccc(I)c(Cl)c1. The Kier molecular flexibility index (Phi) is 5.51. The molecule has 0 saturated carbocycles. The second kappa shape index (κ2) is 6.42. The summed E-state index contributed by atoms with van der Waals surface area (Å²) in [6, 6.07) is 5.30. The summed E-state index contributed by atoms with van der Waals surface area (Å²) in [5, 5.41) is 3.45. The monoisotopic (exact) mass is 352 g/mol. The van der Waals surface area contributed by atoms with Crippen molar-refractivity contribution >= 4 is 40.1 Å². The van der Waals surface area contributed by atoms with Crippen LogP contribution < -0.4 is 5.32 Å². The van der Waals surface area contributed by atoms with Crippen LogP contribution in [0, 0.1) is 3.57 Å². The summed E-state index contributed by atoms with van der Waals surface area (Å²) < 4.78 is 0.948. The first-order valence-electron chi connectivity index (χ1n) is 4.88. The highest BCUT2D eigenvalue weighted by molar-refractivity contribution is 14.1. The number of hydrogen-bond acceptors (Lipinski definition) is 2. The van der Waals surface area contributed by atoms with Gasteiger partial charge in [0.05, 0.1) is 5.02 Å². The lowest BCUT2D eigenvalue weighted by atomic mass is 10.2. The molecule has 3 nitrogen and oxygen atoms in total. The predicted molar refractivity (Wildman–Crippen MR) is 75.1 cm³/mol. The Labute approximate surface area is 114 Å². The molecule has 0 spiro atoms. The summed E-state index contributed by atoms with van der Waals surface area (Å²) in [7, 11) is 3.93. The van der Waals surface area contributed by atoms with E-state index in [4.69, 9.17) is 11.6 Å². The highest BCUT2D eigenvalue weighted by Gasteiger charge is 2.06. The molecule has 5 heteroatoms. The molecule has 0 aromatic heterocycles. The van der Waals surface area contributed by atoms with Crippen molar-refractivity contribution in [3.63, 3.8) is 0 Å². The van der Waals surface area contributed by atoms with Gasteiger partial charge >= 0.3 is 0 Å². The quantitative estimate of drug-likeness (QED) is 0.843. The van der Waals surface area contributed by atoms with Crippen molar-refractivity contribution in [1.29, 1.82) is 0 Å². The largest absolute Gasteiger partial charge is 0.351 e. The van der Waals surface area contributed by atoms with Gasteiger partial charge in [0.15, 0.2) is 0 Å². The average molecular weight is 353 g/mol. The minimum Gasteiger partial charge on any atom is -0.351 e. The van der Waals surface area contributed by atoms with Gasteiger partial charge in [-0.05, 0) is 54.9 Å². The van der Waals surface area contributed by atoms with E-state index in [2.05, 4.69) is 27.9 Å². The molecule has 0 radical (unpaired) electrons. The standard InChI is InChI=1S/C11H14ClIN2O/c1-15(2)6-5-14-11(16)8-3-4-10(13)9(12)7-8/h3-4,7H,5-6H2,1-2H3,(H,14,16). The molecule has 16 heavy (non-hydrogen) atoms. The molecular weight excluding hydrogens is 338 g/mol. The van der Waals surface area contributed by atoms with Crippen molar-refractivity contribution in [1.82, 2.24) is 10.2 Å². The number of nitrogens with one attached hydrogen (secondary N) is 1. The van der Waals surface area contributed by atoms with Crippen LogP contribution in [0.5, 0.6) is 0 Å². The summed E-state index contributed by atoms with van der Waals surface area (Å²) in [5.74, 6) is -0.0832. The normalized spacial score (nSPS) is 10.6. The van der Waals surface area contributed by atoms with E-state index in [0.717, 1.165) is 10.1 Å². The molecule has 0 aliphatic rings. The van der Waals surface area contributed by atoms with Gasteiger partial charge in [0.2, 0.25) is 0 Å². The minimum atomic E-state index is -0.0832. The van der Waals surface area contributed by atoms with Crippen LogP contribution in [0.4, 0.5) is 0 Å². The fourth-order valence-corrected chi connectivity index (χ4v) is 1.65. The maximum atomic E-state index is 11.7. The minimum absolute atomic E-state index is 0.0832. The molecule has 0 aliphatic carbocycles. The Balaban J connectivity index is 2.56. The van der Waals surface area contributed by atoms with Gasteiger partial charge in [0.1, 0.15) is 0 Å². The van der Waals surface area contributed by atoms with Gasteiger partial charge in [-0.15, -0.1) is 0 Å². The summed E-state index contributed by atoms with van der Waals surface area (Å²) in [5.41, 5.74) is 0.601. The number of carbonyl (C=O) groups is 1. The molecular formula is C11H14ClIN2O. The highest BCUT2D eigenvalue weighted by Crippen LogP contribution is 2.19. The van der Waals surface area contributed by atoms with Crippen LogP contribution in [0.25, 0.3) is 0 Å². The number of benzene rings is 1. The van der Waals surface area contributed by atoms with Gasteiger partial charge in [0, 0.05) is 22.2 Å². The van der Waals surface area contributed by atoms with E-state index >= 15 is 0 Å². The van der Waals surface area contributed by atoms with Crippen LogP contribution in [0.2, 0.25) is 5.02 Å². The summed E-state index contributed by atoms with van der Waals surface area (Å²) in [4.78, 5) is 13.7. The zero-order chi connectivity index (χ0) is 12.1. The third kappa shape index (κ3) is 4.27. The van der Waals surface area contributed by atoms with Crippen LogP contribution >= 0.6 is 34.2 Å². The van der Waals surface area contributed by atoms with Gasteiger partial charge in [-0.1, -0.05) is 11.6 Å². The molecule has 0 saturated heterocycles. The maximum Gasteiger partial charge on any atom is 0.251 e. The summed E-state index contributed by atoms with van der Waals surface area (Å²) >= 11 is 8.08. The van der Waals surface area contributed by atoms with Crippen LogP contribution in [0.3, 0.4) is 0 Å². The Morgan fingerprint density at radius 2 is 2.19 bits per heavy atom. The second-order valence-corrected chi connectivity index (χ2v) is 5.26. The Bertz CT molecular complexity index is 382. The Hall–Kier alpha value is -0.330. The van der Waals surface area contributed by atoms with E-state index in [0.29, 0.717) is 17.1 Å². The zero-order valence-corrected chi connectivity index (χ0v) is 12.2. The van der Waals surface area contributed by atoms with Crippen molar-refractivity contribution in [2.75, 3.05) is 27.2 Å². The molecule has 0 bridgehead atoms. The molecule has 0 aliphatic heterocycles. The fourth-order valence-electron chi connectivity index (χ4n) is 1.13. The predicted octanol–water partition coefficient (Wildman–Crippen LogP) is 2.24. The second-order valence-electron chi connectivity index (χ2n) is 3.69. The molecule has 88 valence electrons. The smallest absolute Gasteiger partial charge is 0.251 e. The third-order valence-corrected chi connectivity index (χ3v) is 3.60. The molecule has 1 amide bonds. The van der Waals surface area contributed by atoms with E-state index in [1.807, 2.05) is 25.1 Å². The van der Waals surface area contributed by atoms with Crippen molar-refractivity contribution in [3.05, 3.63) is 32.4 Å². The van der Waals surface area contributed by atoms with Gasteiger partial charge in [-0.25, -0.2) is 0 Å². The first-order chi connectivity index (χ1) is 7.50. The lowest BCUT2D eigenvalue weighted by Crippen LogP contribution is -2.31. The van der Waals surface area contributed by atoms with Crippen LogP contribution in [-0.2, 0) is 0 Å². The van der Waals surface area contributed by atoms with Gasteiger partial charge in [-0.2, -0.15) is 0 Å². The molecule has 0 atom stereocenters. The molecule has 0 fully saturated rings. The number of nitrogens with zero attached hydrogens (tertiary/aromatic N) is 1. The molecule has 1 rings (SSSR count). The number of carbonyl (C=O) groups excluding carboxylic acids is 1. The van der Waals surface area contributed by atoms with Gasteiger partial charge in [0.25, 0.3) is 5.91 Å². The van der Waals surface area contributed by atoms with E-state index in [1.165, 1.54) is 0 Å². The van der Waals surface area contributed by atoms with E-state index in [1.54, 1.807) is 12.1 Å². The maximum absolute atomic E-state index is 11.7. The highest BCUT2D eigenvalue weighted by atomic mass is 127. The van der Waals surface area contributed by atoms with Crippen LogP contribution in [0.1, 0.15) is 10.4 Å². The first-order valence-corrected chi connectivity index (χ1v) is 6.34. The van der Waals surface area contributed by atoms with E-state index in [9.17, 15) is 4.79 Å². The average Bonchev–Trinajstić information content (AvgIpc) is 2.21. The molecule has 1 aromatic carbocycles. The van der Waals surface area contributed by atoms with Gasteiger partial charge < -0.3 is 10.2 Å². The van der Waals surface area contributed by atoms with Crippen molar-refractivity contribution in [3.8, 4) is 0 Å². The first kappa shape index (κ1) is 13.7. The van der Waals surface area contributed by atoms with Gasteiger partial charge in [-0.3, -0.25) is 4.79 Å². The number of likely N-dealkylation sites (N-methyl/N-ethyl adjacent to an activating group) is 1. The number of amides is 1. The topological polar surface area (TPSA) is 32.3 Å². The molecule has 1 N–H and O–H groups in total. The van der Waals surface area contributed by atoms with Crippen molar-refractivity contribution in [2.24, 2.45) is 0 Å². The Morgan fingerprint density at radius 3 is 2.75 bits per heavy atom. The van der Waals surface area contributed by atoms with E-state index in [-0.39, 0.29) is 5.91 Å². The molecule has 0 heterocycles. The summed E-state index contributed by atoms with van der Waals surface area (Å²) in [6.45, 7) is 1.46. The third-order valence-electron chi connectivity index (χ3n) is 2.03. The lowest BCUT2D eigenvalue weighted by Gasteiger charge is -2.10. The molecule has 0 unspecified atom stereocenters. The molecule has 1 aromatic rings. The fraction of sp³-hybridized carbons (Fsp3) is 0.364. The van der Waals surface area contributed by atoms with Crippen LogP contribution in [-0.4, -0.2) is 38.0 Å². The Morgan fingerprint density at radius 1 is 1.50 bits per heavy atom. The number of rotatable bonds is 4. The summed E-state index contributed by atoms with van der Waals surface area (Å²) in [6.07, 6.45) is 0. The zero-order valence-electron chi connectivity index (χ0n) is 9.26. The van der Waals surface area contributed by atoms with Crippen molar-refractivity contribution < 1.29 is 4.79 Å². The van der Waals surface area contributed by atoms with Crippen molar-refractivity contribution in [2.45, 2.75) is 0 Å². The van der Waals surface area contributed by atoms with E-state index < -0.39 is 0 Å². The lowest BCUT2D eigenvalue weighted by molar-refractivity contribution is 0.0951.